The molecule has 2 N–H and O–H groups in total. The molecule has 0 radical (unpaired) electrons. The van der Waals surface area contributed by atoms with E-state index in [1.54, 1.807) is 5.51 Å². The number of nitrogens with zero attached hydrogens (tertiary/aromatic N) is 1. The Morgan fingerprint density at radius 3 is 2.94 bits per heavy atom. The van der Waals surface area contributed by atoms with Gasteiger partial charge in [0.25, 0.3) is 6.47 Å². The van der Waals surface area contributed by atoms with Crippen molar-refractivity contribution in [1.29, 1.82) is 0 Å². The molecular weight excluding hydrogens is 224 g/mol. The number of nitrogens with two attached hydrogens (primary N) is 1. The van der Waals surface area contributed by atoms with Crippen LogP contribution in [-0.2, 0) is 9.53 Å². The molecule has 0 aromatic carbocycles. The largest absolute Gasteiger partial charge is 0.467 e. The average molecular weight is 240 g/mol. The lowest BCUT2D eigenvalue weighted by atomic mass is 9.89. The molecule has 1 aromatic rings. The molecule has 0 spiro atoms. The Balaban J connectivity index is 2.13. The van der Waals surface area contributed by atoms with Gasteiger partial charge in [0.15, 0.2) is 0 Å². The van der Waals surface area contributed by atoms with Gasteiger partial charge in [0.05, 0.1) is 17.8 Å². The molecule has 1 unspecified atom stereocenters. The number of carbonyl (C=O) groups excluding carboxylic acids is 1. The van der Waals surface area contributed by atoms with Crippen molar-refractivity contribution in [2.24, 2.45) is 5.92 Å². The van der Waals surface area contributed by atoms with Crippen LogP contribution in [-0.4, -0.2) is 18.1 Å². The van der Waals surface area contributed by atoms with Crippen molar-refractivity contribution in [1.82, 2.24) is 4.98 Å². The minimum absolute atomic E-state index is 0.180. The van der Waals surface area contributed by atoms with E-state index in [0.717, 1.165) is 10.7 Å². The third kappa shape index (κ3) is 2.35. The van der Waals surface area contributed by atoms with Gasteiger partial charge in [0, 0.05) is 5.92 Å². The second-order valence-electron chi connectivity index (χ2n) is 4.18. The Morgan fingerprint density at radius 2 is 2.38 bits per heavy atom. The zero-order chi connectivity index (χ0) is 11.4. The number of hydrogen-bond acceptors (Lipinski definition) is 5. The number of carbonyl (C=O) groups is 1. The fourth-order valence-corrected chi connectivity index (χ4v) is 3.09. The molecule has 0 saturated heterocycles. The predicted octanol–water partition coefficient (Wildman–Crippen LogP) is 2.17. The predicted molar refractivity (Wildman–Crippen MR) is 63.2 cm³/mol. The maximum Gasteiger partial charge on any atom is 0.293 e. The van der Waals surface area contributed by atoms with Gasteiger partial charge in [-0.3, -0.25) is 4.79 Å². The van der Waals surface area contributed by atoms with Crippen LogP contribution in [0.3, 0.4) is 0 Å². The van der Waals surface area contributed by atoms with Gasteiger partial charge in [-0.1, -0.05) is 12.8 Å². The first kappa shape index (κ1) is 11.4. The number of hydrogen-bond donors (Lipinski definition) is 1. The van der Waals surface area contributed by atoms with Crippen molar-refractivity contribution in [2.75, 3.05) is 12.3 Å². The molecule has 0 amide bonds. The highest BCUT2D eigenvalue weighted by atomic mass is 32.1. The van der Waals surface area contributed by atoms with Crippen molar-refractivity contribution in [3.05, 3.63) is 11.2 Å². The first-order valence-electron chi connectivity index (χ1n) is 5.57. The van der Waals surface area contributed by atoms with Gasteiger partial charge in [-0.15, -0.1) is 11.3 Å². The van der Waals surface area contributed by atoms with Gasteiger partial charge < -0.3 is 10.5 Å². The van der Waals surface area contributed by atoms with E-state index in [1.165, 1.54) is 37.0 Å². The maximum absolute atomic E-state index is 10.3. The Labute approximate surface area is 98.8 Å². The van der Waals surface area contributed by atoms with Crippen LogP contribution in [0.2, 0.25) is 0 Å². The van der Waals surface area contributed by atoms with E-state index in [2.05, 4.69) is 4.98 Å². The summed E-state index contributed by atoms with van der Waals surface area (Å²) in [6.07, 6.45) is 4.88. The number of anilines is 1. The van der Waals surface area contributed by atoms with Crippen molar-refractivity contribution in [3.63, 3.8) is 0 Å². The molecule has 5 heteroatoms. The van der Waals surface area contributed by atoms with Crippen molar-refractivity contribution in [2.45, 2.75) is 31.6 Å². The Morgan fingerprint density at radius 1 is 1.62 bits per heavy atom. The fourth-order valence-electron chi connectivity index (χ4n) is 2.48. The van der Waals surface area contributed by atoms with Crippen LogP contribution in [0.4, 0.5) is 5.00 Å². The van der Waals surface area contributed by atoms with Gasteiger partial charge >= 0.3 is 0 Å². The summed E-state index contributed by atoms with van der Waals surface area (Å²) in [7, 11) is 0. The first-order chi connectivity index (χ1) is 7.83. The highest BCUT2D eigenvalue weighted by molar-refractivity contribution is 7.13. The number of nitrogen functional groups attached to an aromatic ring is 1. The number of rotatable bonds is 5. The zero-order valence-electron chi connectivity index (χ0n) is 9.09. The summed E-state index contributed by atoms with van der Waals surface area (Å²) in [4.78, 5) is 14.6. The van der Waals surface area contributed by atoms with E-state index < -0.39 is 0 Å². The van der Waals surface area contributed by atoms with Crippen LogP contribution in [0.25, 0.3) is 0 Å². The molecule has 88 valence electrons. The molecule has 1 saturated carbocycles. The smallest absolute Gasteiger partial charge is 0.293 e. The van der Waals surface area contributed by atoms with Gasteiger partial charge in [0.2, 0.25) is 0 Å². The minimum atomic E-state index is 0.180. The Kier molecular flexibility index (Phi) is 3.77. The van der Waals surface area contributed by atoms with Gasteiger partial charge in [-0.25, -0.2) is 4.98 Å². The topological polar surface area (TPSA) is 65.2 Å². The summed E-state index contributed by atoms with van der Waals surface area (Å²) < 4.78 is 4.92. The molecule has 0 bridgehead atoms. The van der Waals surface area contributed by atoms with Crippen LogP contribution in [0, 0.1) is 5.92 Å². The molecular formula is C11H16N2O2S. The van der Waals surface area contributed by atoms with E-state index in [1.807, 2.05) is 0 Å². The Hall–Kier alpha value is -1.10. The third-order valence-electron chi connectivity index (χ3n) is 3.29. The summed E-state index contributed by atoms with van der Waals surface area (Å²) >= 11 is 1.45. The highest BCUT2D eigenvalue weighted by Crippen LogP contribution is 2.39. The molecule has 1 atom stereocenters. The number of thiazole rings is 1. The van der Waals surface area contributed by atoms with Crippen LogP contribution < -0.4 is 5.73 Å². The van der Waals surface area contributed by atoms with Crippen molar-refractivity contribution in [3.8, 4) is 0 Å². The first-order valence-corrected chi connectivity index (χ1v) is 6.45. The summed E-state index contributed by atoms with van der Waals surface area (Å²) in [6.45, 7) is 0.909. The monoisotopic (exact) mass is 240 g/mol. The summed E-state index contributed by atoms with van der Waals surface area (Å²) in [5.74, 6) is 0.739. The van der Waals surface area contributed by atoms with Crippen LogP contribution in [0.5, 0.6) is 0 Å². The lowest BCUT2D eigenvalue weighted by molar-refractivity contribution is -0.129. The summed E-state index contributed by atoms with van der Waals surface area (Å²) in [5, 5.41) is 0.756. The minimum Gasteiger partial charge on any atom is -0.467 e. The van der Waals surface area contributed by atoms with Crippen molar-refractivity contribution < 1.29 is 9.53 Å². The molecule has 1 aliphatic carbocycles. The molecule has 1 fully saturated rings. The van der Waals surface area contributed by atoms with Gasteiger partial charge in [-0.2, -0.15) is 0 Å². The van der Waals surface area contributed by atoms with E-state index in [9.17, 15) is 4.79 Å². The van der Waals surface area contributed by atoms with E-state index in [4.69, 9.17) is 10.5 Å². The van der Waals surface area contributed by atoms with Crippen LogP contribution >= 0.6 is 11.3 Å². The number of aromatic nitrogens is 1. The second kappa shape index (κ2) is 5.30. The number of ether oxygens (including phenoxy) is 1. The maximum atomic E-state index is 10.3. The quantitative estimate of drug-likeness (QED) is 0.801. The zero-order valence-corrected chi connectivity index (χ0v) is 9.91. The molecule has 0 aliphatic heterocycles. The normalized spacial score (nSPS) is 18.5. The van der Waals surface area contributed by atoms with Gasteiger partial charge in [-0.05, 0) is 18.8 Å². The molecule has 16 heavy (non-hydrogen) atoms. The third-order valence-corrected chi connectivity index (χ3v) is 3.96. The summed E-state index contributed by atoms with van der Waals surface area (Å²) in [5.41, 5.74) is 8.57. The SMILES string of the molecule is Nc1scnc1C(COC=O)C1CCCC1. The van der Waals surface area contributed by atoms with Gasteiger partial charge in [0.1, 0.15) is 5.00 Å². The molecule has 4 nitrogen and oxygen atoms in total. The van der Waals surface area contributed by atoms with Crippen LogP contribution in [0.1, 0.15) is 37.3 Å². The lowest BCUT2D eigenvalue weighted by Gasteiger charge is -2.21. The molecule has 1 aromatic heterocycles. The van der Waals surface area contributed by atoms with E-state index in [-0.39, 0.29) is 5.92 Å². The van der Waals surface area contributed by atoms with Crippen molar-refractivity contribution >= 4 is 22.8 Å². The Bertz CT molecular complexity index is 348. The van der Waals surface area contributed by atoms with E-state index in [0.29, 0.717) is 19.0 Å². The standard InChI is InChI=1S/C11H16N2O2S/c12-11-10(13-6-16-11)9(5-15-7-14)8-3-1-2-4-8/h6-9H,1-5,12H2. The highest BCUT2D eigenvalue weighted by Gasteiger charge is 2.29. The lowest BCUT2D eigenvalue weighted by Crippen LogP contribution is -2.17. The molecule has 1 heterocycles. The fraction of sp³-hybridized carbons (Fsp3) is 0.636. The summed E-state index contributed by atoms with van der Waals surface area (Å²) in [6, 6.07) is 0. The van der Waals surface area contributed by atoms with E-state index >= 15 is 0 Å². The second-order valence-corrected chi connectivity index (χ2v) is 5.07. The molecule has 2 rings (SSSR count). The average Bonchev–Trinajstić information content (AvgIpc) is 2.91. The molecule has 1 aliphatic rings. The van der Waals surface area contributed by atoms with Crippen LogP contribution in [0.15, 0.2) is 5.51 Å².